The number of hydrogen-bond acceptors (Lipinski definition) is 4. The van der Waals surface area contributed by atoms with E-state index in [2.05, 4.69) is 40.2 Å². The zero-order valence-electron chi connectivity index (χ0n) is 15.8. The summed E-state index contributed by atoms with van der Waals surface area (Å²) in [5, 5.41) is 4.66. The minimum Gasteiger partial charge on any atom is -0.493 e. The lowest BCUT2D eigenvalue weighted by atomic mass is 10.1. The SMILES string of the molecule is COc1ccc(Br)c(CNCCCN(C)C)c1OCc1ccc(Cl)cc1Cl. The molecule has 0 aliphatic heterocycles. The van der Waals surface area contributed by atoms with Crippen LogP contribution in [0.15, 0.2) is 34.8 Å². The fourth-order valence-electron chi connectivity index (χ4n) is 2.59. The van der Waals surface area contributed by atoms with E-state index in [1.165, 1.54) is 0 Å². The zero-order chi connectivity index (χ0) is 19.8. The summed E-state index contributed by atoms with van der Waals surface area (Å²) in [7, 11) is 5.79. The molecular weight excluding hydrogens is 451 g/mol. The third-order valence-corrected chi connectivity index (χ3v) is 5.36. The summed E-state index contributed by atoms with van der Waals surface area (Å²) < 4.78 is 12.6. The lowest BCUT2D eigenvalue weighted by Gasteiger charge is -2.18. The maximum atomic E-state index is 6.26. The molecule has 1 N–H and O–H groups in total. The highest BCUT2D eigenvalue weighted by atomic mass is 79.9. The summed E-state index contributed by atoms with van der Waals surface area (Å²) in [5.74, 6) is 1.39. The third kappa shape index (κ3) is 6.84. The fourth-order valence-corrected chi connectivity index (χ4v) is 3.50. The normalized spacial score (nSPS) is 11.1. The molecule has 0 saturated carbocycles. The van der Waals surface area contributed by atoms with Crippen molar-refractivity contribution in [3.63, 3.8) is 0 Å². The van der Waals surface area contributed by atoms with Gasteiger partial charge in [0.05, 0.1) is 7.11 Å². The Morgan fingerprint density at radius 2 is 1.93 bits per heavy atom. The first kappa shape index (κ1) is 22.3. The maximum absolute atomic E-state index is 6.26. The molecule has 0 aromatic heterocycles. The van der Waals surface area contributed by atoms with Gasteiger partial charge in [-0.05, 0) is 57.9 Å². The number of nitrogens with one attached hydrogen (secondary N) is 1. The predicted octanol–water partition coefficient (Wildman–Crippen LogP) is 5.38. The minimum absolute atomic E-state index is 0.330. The molecule has 0 unspecified atom stereocenters. The number of nitrogens with zero attached hydrogens (tertiary/aromatic N) is 1. The van der Waals surface area contributed by atoms with Crippen LogP contribution in [-0.2, 0) is 13.2 Å². The van der Waals surface area contributed by atoms with E-state index < -0.39 is 0 Å². The van der Waals surface area contributed by atoms with Crippen molar-refractivity contribution >= 4 is 39.1 Å². The second-order valence-corrected chi connectivity index (χ2v) is 8.11. The van der Waals surface area contributed by atoms with Crippen LogP contribution in [0.25, 0.3) is 0 Å². The Morgan fingerprint density at radius 1 is 1.15 bits per heavy atom. The molecule has 2 aromatic rings. The van der Waals surface area contributed by atoms with Crippen molar-refractivity contribution in [1.82, 2.24) is 10.2 Å². The monoisotopic (exact) mass is 474 g/mol. The molecule has 4 nitrogen and oxygen atoms in total. The summed E-state index contributed by atoms with van der Waals surface area (Å²) >= 11 is 15.9. The van der Waals surface area contributed by atoms with Crippen molar-refractivity contribution in [3.8, 4) is 11.5 Å². The van der Waals surface area contributed by atoms with Crippen LogP contribution in [0.5, 0.6) is 11.5 Å². The largest absolute Gasteiger partial charge is 0.493 e. The van der Waals surface area contributed by atoms with E-state index in [1.54, 1.807) is 19.2 Å². The Kier molecular flexibility index (Phi) is 9.19. The smallest absolute Gasteiger partial charge is 0.167 e. The lowest BCUT2D eigenvalue weighted by Crippen LogP contribution is -2.21. The highest BCUT2D eigenvalue weighted by molar-refractivity contribution is 9.10. The Morgan fingerprint density at radius 3 is 2.59 bits per heavy atom. The molecule has 27 heavy (non-hydrogen) atoms. The van der Waals surface area contributed by atoms with Crippen LogP contribution in [0, 0.1) is 0 Å². The molecule has 7 heteroatoms. The molecule has 0 saturated heterocycles. The standard InChI is InChI=1S/C20H25BrCl2N2O2/c1-25(2)10-4-9-24-12-16-17(21)7-8-19(26-3)20(16)27-13-14-5-6-15(22)11-18(14)23/h5-8,11,24H,4,9-10,12-13H2,1-3H3. The van der Waals surface area contributed by atoms with Crippen molar-refractivity contribution < 1.29 is 9.47 Å². The zero-order valence-corrected chi connectivity index (χ0v) is 18.9. The van der Waals surface area contributed by atoms with Crippen molar-refractivity contribution in [3.05, 3.63) is 56.0 Å². The molecule has 2 rings (SSSR count). The maximum Gasteiger partial charge on any atom is 0.167 e. The number of halogens is 3. The van der Waals surface area contributed by atoms with Crippen molar-refractivity contribution in [2.75, 3.05) is 34.3 Å². The van der Waals surface area contributed by atoms with Gasteiger partial charge in [0.15, 0.2) is 11.5 Å². The van der Waals surface area contributed by atoms with Crippen molar-refractivity contribution in [2.24, 2.45) is 0 Å². The average Bonchev–Trinajstić information content (AvgIpc) is 2.62. The Hall–Kier alpha value is -0.980. The van der Waals surface area contributed by atoms with Gasteiger partial charge in [-0.2, -0.15) is 0 Å². The summed E-state index contributed by atoms with van der Waals surface area (Å²) in [5.41, 5.74) is 1.89. The number of hydrogen-bond donors (Lipinski definition) is 1. The molecule has 0 aliphatic carbocycles. The Bertz CT molecular complexity index is 757. The van der Waals surface area contributed by atoms with Gasteiger partial charge in [0.2, 0.25) is 0 Å². The van der Waals surface area contributed by atoms with Gasteiger partial charge in [-0.25, -0.2) is 0 Å². The summed E-state index contributed by atoms with van der Waals surface area (Å²) in [6.07, 6.45) is 1.07. The number of methoxy groups -OCH3 is 1. The summed E-state index contributed by atoms with van der Waals surface area (Å²) in [6, 6.07) is 9.25. The van der Waals surface area contributed by atoms with Gasteiger partial charge < -0.3 is 19.7 Å². The van der Waals surface area contributed by atoms with Crippen molar-refractivity contribution in [2.45, 2.75) is 19.6 Å². The number of benzene rings is 2. The Labute approximate surface area is 179 Å². The molecule has 0 spiro atoms. The highest BCUT2D eigenvalue weighted by Gasteiger charge is 2.15. The van der Waals surface area contributed by atoms with Gasteiger partial charge in [0.25, 0.3) is 0 Å². The molecule has 0 amide bonds. The predicted molar refractivity (Wildman–Crippen MR) is 116 cm³/mol. The van der Waals surface area contributed by atoms with Gasteiger partial charge in [-0.3, -0.25) is 0 Å². The Balaban J connectivity index is 2.11. The van der Waals surface area contributed by atoms with Crippen LogP contribution in [0.3, 0.4) is 0 Å². The van der Waals surface area contributed by atoms with E-state index >= 15 is 0 Å². The molecule has 0 fully saturated rings. The van der Waals surface area contributed by atoms with Gasteiger partial charge >= 0.3 is 0 Å². The fraction of sp³-hybridized carbons (Fsp3) is 0.400. The number of ether oxygens (including phenoxy) is 2. The second kappa shape index (κ2) is 11.1. The molecular formula is C20H25BrCl2N2O2. The second-order valence-electron chi connectivity index (χ2n) is 6.42. The quantitative estimate of drug-likeness (QED) is 0.467. The van der Waals surface area contributed by atoms with Crippen LogP contribution in [0.4, 0.5) is 0 Å². The van der Waals surface area contributed by atoms with E-state index in [9.17, 15) is 0 Å². The van der Waals surface area contributed by atoms with Crippen LogP contribution in [0.1, 0.15) is 17.5 Å². The van der Waals surface area contributed by atoms with Crippen LogP contribution in [-0.4, -0.2) is 39.2 Å². The topological polar surface area (TPSA) is 33.7 Å². The van der Waals surface area contributed by atoms with E-state index in [-0.39, 0.29) is 0 Å². The van der Waals surface area contributed by atoms with Gasteiger partial charge in [0, 0.05) is 32.2 Å². The first-order valence-corrected chi connectivity index (χ1v) is 10.2. The van der Waals surface area contributed by atoms with Crippen LogP contribution >= 0.6 is 39.1 Å². The molecule has 0 atom stereocenters. The molecule has 2 aromatic carbocycles. The molecule has 148 valence electrons. The minimum atomic E-state index is 0.330. The summed E-state index contributed by atoms with van der Waals surface area (Å²) in [6.45, 7) is 2.97. The molecule has 0 bridgehead atoms. The molecule has 0 radical (unpaired) electrons. The van der Waals surface area contributed by atoms with Gasteiger partial charge in [0.1, 0.15) is 6.61 Å². The van der Waals surface area contributed by atoms with E-state index in [0.717, 1.165) is 35.1 Å². The van der Waals surface area contributed by atoms with Gasteiger partial charge in [-0.15, -0.1) is 0 Å². The van der Waals surface area contributed by atoms with Gasteiger partial charge in [-0.1, -0.05) is 45.2 Å². The molecule has 0 aliphatic rings. The molecule has 0 heterocycles. The first-order valence-electron chi connectivity index (χ1n) is 8.70. The first-order chi connectivity index (χ1) is 12.9. The summed E-state index contributed by atoms with van der Waals surface area (Å²) in [4.78, 5) is 2.17. The average molecular weight is 476 g/mol. The van der Waals surface area contributed by atoms with E-state index in [1.807, 2.05) is 18.2 Å². The van der Waals surface area contributed by atoms with Crippen LogP contribution in [0.2, 0.25) is 10.0 Å². The third-order valence-electron chi connectivity index (χ3n) is 4.03. The number of rotatable bonds is 10. The van der Waals surface area contributed by atoms with Crippen LogP contribution < -0.4 is 14.8 Å². The lowest BCUT2D eigenvalue weighted by molar-refractivity contribution is 0.280. The highest BCUT2D eigenvalue weighted by Crippen LogP contribution is 2.37. The van der Waals surface area contributed by atoms with E-state index in [0.29, 0.717) is 34.7 Å². The van der Waals surface area contributed by atoms with E-state index in [4.69, 9.17) is 32.7 Å². The van der Waals surface area contributed by atoms with Crippen molar-refractivity contribution in [1.29, 1.82) is 0 Å².